The Morgan fingerprint density at radius 3 is 1.93 bits per heavy atom. The van der Waals surface area contributed by atoms with Gasteiger partial charge in [0, 0.05) is 43.4 Å². The van der Waals surface area contributed by atoms with Crippen molar-refractivity contribution in [3.8, 4) is 28.3 Å². The molecule has 4 heterocycles. The molecule has 46 heavy (non-hydrogen) atoms. The van der Waals surface area contributed by atoms with Crippen molar-refractivity contribution in [1.29, 1.82) is 0 Å². The normalized spacial score (nSPS) is 11.9. The summed E-state index contributed by atoms with van der Waals surface area (Å²) in [5.74, 6) is 0.619. The molecule has 0 aliphatic heterocycles. The van der Waals surface area contributed by atoms with Gasteiger partial charge in [0.05, 0.1) is 21.4 Å². The summed E-state index contributed by atoms with van der Waals surface area (Å²) in [4.78, 5) is 15.3. The number of para-hydroxylation sites is 1. The van der Waals surface area contributed by atoms with Gasteiger partial charge in [-0.2, -0.15) is 4.98 Å². The first-order valence-electron chi connectivity index (χ1n) is 15.4. The van der Waals surface area contributed by atoms with Crippen molar-refractivity contribution in [1.82, 2.24) is 19.5 Å². The fraction of sp³-hybridized carbons (Fsp3) is 0. The lowest BCUT2D eigenvalue weighted by Crippen LogP contribution is -2.04. The fourth-order valence-electron chi connectivity index (χ4n) is 7.06. The number of hydrogen-bond donors (Lipinski definition) is 0. The summed E-state index contributed by atoms with van der Waals surface area (Å²) in [7, 11) is 0. The highest BCUT2D eigenvalue weighted by Crippen LogP contribution is 2.47. The first-order chi connectivity index (χ1) is 22.8. The maximum atomic E-state index is 5.37. The highest BCUT2D eigenvalue weighted by atomic mass is 32.1. The van der Waals surface area contributed by atoms with E-state index < -0.39 is 0 Å². The Hall–Kier alpha value is -5.91. The van der Waals surface area contributed by atoms with E-state index in [9.17, 15) is 0 Å². The molecule has 0 N–H and O–H groups in total. The molecular formula is C41H24N4S. The molecular weight excluding hydrogens is 581 g/mol. The zero-order valence-electron chi connectivity index (χ0n) is 24.6. The van der Waals surface area contributed by atoms with E-state index in [1.807, 2.05) is 29.7 Å². The number of fused-ring (bicyclic) bond motifs is 11. The van der Waals surface area contributed by atoms with Gasteiger partial charge < -0.3 is 0 Å². The van der Waals surface area contributed by atoms with E-state index in [0.29, 0.717) is 11.6 Å². The fourth-order valence-corrected chi connectivity index (χ4v) is 8.31. The van der Waals surface area contributed by atoms with Gasteiger partial charge in [0.1, 0.15) is 0 Å². The van der Waals surface area contributed by atoms with Gasteiger partial charge in [-0.15, -0.1) is 11.3 Å². The van der Waals surface area contributed by atoms with Crippen molar-refractivity contribution in [2.75, 3.05) is 0 Å². The predicted octanol–water partition coefficient (Wildman–Crippen LogP) is 11.0. The number of benzene rings is 6. The lowest BCUT2D eigenvalue weighted by Gasteiger charge is -2.12. The number of pyridine rings is 1. The van der Waals surface area contributed by atoms with Crippen LogP contribution in [0.15, 0.2) is 146 Å². The van der Waals surface area contributed by atoms with Crippen LogP contribution in [0.25, 0.3) is 92.1 Å². The minimum atomic E-state index is 0.619. The van der Waals surface area contributed by atoms with E-state index >= 15 is 0 Å². The molecule has 0 fully saturated rings. The summed E-state index contributed by atoms with van der Waals surface area (Å²) >= 11 is 1.84. The molecule has 0 bridgehead atoms. The molecule has 6 aromatic carbocycles. The molecule has 4 aromatic heterocycles. The van der Waals surface area contributed by atoms with Crippen molar-refractivity contribution in [3.05, 3.63) is 146 Å². The molecule has 0 unspecified atom stereocenters. The lowest BCUT2D eigenvalue weighted by molar-refractivity contribution is 1.01. The largest absolute Gasteiger partial charge is 0.276 e. The first kappa shape index (κ1) is 25.4. The molecule has 0 saturated heterocycles. The van der Waals surface area contributed by atoms with Crippen molar-refractivity contribution < 1.29 is 0 Å². The number of nitrogens with zero attached hydrogens (tertiary/aromatic N) is 4. The van der Waals surface area contributed by atoms with E-state index in [2.05, 4.69) is 132 Å². The van der Waals surface area contributed by atoms with Crippen LogP contribution in [0.4, 0.5) is 0 Å². The monoisotopic (exact) mass is 604 g/mol. The minimum Gasteiger partial charge on any atom is -0.276 e. The van der Waals surface area contributed by atoms with Crippen LogP contribution in [0.5, 0.6) is 0 Å². The maximum absolute atomic E-state index is 5.37. The molecule has 0 radical (unpaired) electrons. The van der Waals surface area contributed by atoms with Gasteiger partial charge in [0.25, 0.3) is 0 Å². The zero-order valence-corrected chi connectivity index (χ0v) is 25.4. The third-order valence-corrected chi connectivity index (χ3v) is 10.3. The molecule has 10 aromatic rings. The SMILES string of the molecule is c1ccc(-c2ccc(-c3nc(-n4c5ccccc5c5c6ccccc6c6c7ccccc7sc6c54)nc4ncccc34)cc2)cc1. The molecule has 0 spiro atoms. The summed E-state index contributed by atoms with van der Waals surface area (Å²) < 4.78 is 4.78. The standard InChI is InChI=1S/C41H24N4S/c1-2-11-25(12-3-1)26-20-22-27(23-21-26)37-32-17-10-24-42-40(32)44-41(43-37)45-33-18-8-6-15-30(33)35-28-13-4-5-14-29(28)36-31-16-7-9-19-34(31)46-39(36)38(35)45/h1-24H. The third kappa shape index (κ3) is 3.63. The number of rotatable bonds is 3. The predicted molar refractivity (Wildman–Crippen MR) is 193 cm³/mol. The third-order valence-electron chi connectivity index (χ3n) is 9.08. The van der Waals surface area contributed by atoms with E-state index in [0.717, 1.165) is 27.7 Å². The van der Waals surface area contributed by atoms with Crippen molar-refractivity contribution in [2.45, 2.75) is 0 Å². The summed E-state index contributed by atoms with van der Waals surface area (Å²) in [6, 6.07) is 49.3. The quantitative estimate of drug-likeness (QED) is 0.201. The number of hydrogen-bond acceptors (Lipinski definition) is 4. The molecule has 10 rings (SSSR count). The van der Waals surface area contributed by atoms with Crippen molar-refractivity contribution in [3.63, 3.8) is 0 Å². The van der Waals surface area contributed by atoms with E-state index in [1.165, 1.54) is 52.8 Å². The molecule has 4 nitrogen and oxygen atoms in total. The smallest absolute Gasteiger partial charge is 0.237 e. The van der Waals surface area contributed by atoms with Crippen LogP contribution in [0.3, 0.4) is 0 Å². The van der Waals surface area contributed by atoms with Crippen LogP contribution in [-0.4, -0.2) is 19.5 Å². The Labute approximate surface area is 267 Å². The average molecular weight is 605 g/mol. The van der Waals surface area contributed by atoms with Gasteiger partial charge in [-0.25, -0.2) is 9.97 Å². The topological polar surface area (TPSA) is 43.6 Å². The second-order valence-electron chi connectivity index (χ2n) is 11.6. The molecule has 214 valence electrons. The highest BCUT2D eigenvalue weighted by molar-refractivity contribution is 7.27. The Kier molecular flexibility index (Phi) is 5.41. The van der Waals surface area contributed by atoms with E-state index in [-0.39, 0.29) is 0 Å². The molecule has 0 amide bonds. The lowest BCUT2D eigenvalue weighted by atomic mass is 9.99. The molecule has 0 saturated carbocycles. The van der Waals surface area contributed by atoms with Gasteiger partial charge in [-0.3, -0.25) is 4.57 Å². The Bertz CT molecular complexity index is 2790. The Morgan fingerprint density at radius 1 is 0.478 bits per heavy atom. The minimum absolute atomic E-state index is 0.619. The highest BCUT2D eigenvalue weighted by Gasteiger charge is 2.23. The molecule has 5 heteroatoms. The summed E-state index contributed by atoms with van der Waals surface area (Å²) in [5, 5.41) is 8.40. The van der Waals surface area contributed by atoms with Crippen LogP contribution < -0.4 is 0 Å². The van der Waals surface area contributed by atoms with Gasteiger partial charge >= 0.3 is 0 Å². The van der Waals surface area contributed by atoms with Crippen LogP contribution in [0.2, 0.25) is 0 Å². The Morgan fingerprint density at radius 2 is 1.11 bits per heavy atom. The van der Waals surface area contributed by atoms with Crippen LogP contribution in [0.1, 0.15) is 0 Å². The van der Waals surface area contributed by atoms with Gasteiger partial charge in [-0.1, -0.05) is 115 Å². The summed E-state index contributed by atoms with van der Waals surface area (Å²) in [6.45, 7) is 0. The average Bonchev–Trinajstić information content (AvgIpc) is 3.69. The van der Waals surface area contributed by atoms with Crippen LogP contribution in [-0.2, 0) is 0 Å². The van der Waals surface area contributed by atoms with Gasteiger partial charge in [0.2, 0.25) is 5.95 Å². The van der Waals surface area contributed by atoms with Crippen molar-refractivity contribution in [2.24, 2.45) is 0 Å². The second-order valence-corrected chi connectivity index (χ2v) is 12.7. The Balaban J connectivity index is 1.33. The van der Waals surface area contributed by atoms with Gasteiger partial charge in [-0.05, 0) is 46.2 Å². The maximum Gasteiger partial charge on any atom is 0.237 e. The van der Waals surface area contributed by atoms with Crippen LogP contribution in [0, 0.1) is 0 Å². The first-order valence-corrected chi connectivity index (χ1v) is 16.2. The zero-order chi connectivity index (χ0) is 30.2. The summed E-state index contributed by atoms with van der Waals surface area (Å²) in [5.41, 5.74) is 7.14. The number of thiophene rings is 1. The second kappa shape index (κ2) is 9.80. The van der Waals surface area contributed by atoms with Crippen molar-refractivity contribution >= 4 is 75.1 Å². The summed E-state index contributed by atoms with van der Waals surface area (Å²) in [6.07, 6.45) is 1.81. The molecule has 0 aliphatic carbocycles. The number of aromatic nitrogens is 4. The molecule has 0 atom stereocenters. The van der Waals surface area contributed by atoms with E-state index in [4.69, 9.17) is 15.0 Å². The van der Waals surface area contributed by atoms with Gasteiger partial charge in [0.15, 0.2) is 5.65 Å². The molecule has 0 aliphatic rings. The van der Waals surface area contributed by atoms with E-state index in [1.54, 1.807) is 0 Å². The van der Waals surface area contributed by atoms with Crippen LogP contribution >= 0.6 is 11.3 Å².